The van der Waals surface area contributed by atoms with Crippen LogP contribution in [0.15, 0.2) is 29.3 Å². The van der Waals surface area contributed by atoms with Gasteiger partial charge in [-0.3, -0.25) is 4.99 Å². The molecule has 1 heterocycles. The molecule has 1 aromatic carbocycles. The molecule has 110 valence electrons. The Morgan fingerprint density at radius 2 is 2.15 bits per heavy atom. The highest BCUT2D eigenvalue weighted by Crippen LogP contribution is 2.15. The maximum atomic E-state index is 9.22. The van der Waals surface area contributed by atoms with Gasteiger partial charge in [0.25, 0.3) is 0 Å². The van der Waals surface area contributed by atoms with Crippen LogP contribution in [0.4, 0.5) is 0 Å². The van der Waals surface area contributed by atoms with Crippen molar-refractivity contribution >= 4 is 5.96 Å². The number of phenols is 1. The van der Waals surface area contributed by atoms with E-state index in [2.05, 4.69) is 16.8 Å². The van der Waals surface area contributed by atoms with Crippen molar-refractivity contribution in [2.75, 3.05) is 19.6 Å². The number of likely N-dealkylation sites (tertiary alicyclic amines) is 1. The van der Waals surface area contributed by atoms with Crippen LogP contribution in [0.2, 0.25) is 0 Å². The molecule has 0 aromatic heterocycles. The molecule has 0 aliphatic carbocycles. The summed E-state index contributed by atoms with van der Waals surface area (Å²) >= 11 is 0. The molecular weight excluding hydrogens is 250 g/mol. The Morgan fingerprint density at radius 1 is 1.40 bits per heavy atom. The van der Waals surface area contributed by atoms with E-state index >= 15 is 0 Å². The van der Waals surface area contributed by atoms with Crippen molar-refractivity contribution in [1.29, 1.82) is 0 Å². The minimum absolute atomic E-state index is 0.315. The molecule has 1 atom stereocenters. The van der Waals surface area contributed by atoms with Crippen LogP contribution in [0.3, 0.4) is 0 Å². The molecule has 2 rings (SSSR count). The third-order valence-electron chi connectivity index (χ3n) is 3.81. The molecule has 1 aromatic rings. The van der Waals surface area contributed by atoms with Crippen LogP contribution < -0.4 is 5.73 Å². The van der Waals surface area contributed by atoms with Gasteiger partial charge in [-0.25, -0.2) is 0 Å². The Labute approximate surface area is 121 Å². The van der Waals surface area contributed by atoms with Gasteiger partial charge in [-0.15, -0.1) is 0 Å². The first-order valence-electron chi connectivity index (χ1n) is 7.48. The molecule has 20 heavy (non-hydrogen) atoms. The van der Waals surface area contributed by atoms with Gasteiger partial charge in [0, 0.05) is 19.6 Å². The number of aliphatic imine (C=N–C) groups is 1. The summed E-state index contributed by atoms with van der Waals surface area (Å²) in [5, 5.41) is 9.22. The van der Waals surface area contributed by atoms with Crippen molar-refractivity contribution in [3.8, 4) is 5.75 Å². The van der Waals surface area contributed by atoms with Crippen molar-refractivity contribution in [2.24, 2.45) is 16.6 Å². The lowest BCUT2D eigenvalue weighted by Crippen LogP contribution is -2.43. The van der Waals surface area contributed by atoms with Gasteiger partial charge in [0.05, 0.1) is 0 Å². The van der Waals surface area contributed by atoms with Crippen molar-refractivity contribution in [2.45, 2.75) is 32.6 Å². The Kier molecular flexibility index (Phi) is 5.27. The predicted molar refractivity (Wildman–Crippen MR) is 82.9 cm³/mol. The van der Waals surface area contributed by atoms with Crippen molar-refractivity contribution in [3.63, 3.8) is 0 Å². The molecule has 1 aliphatic heterocycles. The number of guanidine groups is 1. The lowest BCUT2D eigenvalue weighted by molar-refractivity contribution is 0.270. The van der Waals surface area contributed by atoms with Gasteiger partial charge >= 0.3 is 0 Å². The van der Waals surface area contributed by atoms with E-state index in [1.54, 1.807) is 12.1 Å². The number of phenolic OH excluding ortho intramolecular Hbond substituents is 1. The van der Waals surface area contributed by atoms with E-state index in [0.29, 0.717) is 11.7 Å². The van der Waals surface area contributed by atoms with Crippen LogP contribution in [0, 0.1) is 5.92 Å². The first kappa shape index (κ1) is 14.7. The summed E-state index contributed by atoms with van der Waals surface area (Å²) in [6, 6.07) is 7.35. The number of aryl methyl sites for hydroxylation is 1. The SMILES string of the molecule is CC1CCCN(C(N)=NCCCc2ccc(O)cc2)C1. The molecule has 0 bridgehead atoms. The van der Waals surface area contributed by atoms with Crippen LogP contribution in [0.25, 0.3) is 0 Å². The van der Waals surface area contributed by atoms with E-state index in [1.165, 1.54) is 18.4 Å². The van der Waals surface area contributed by atoms with Crippen LogP contribution in [-0.2, 0) is 6.42 Å². The summed E-state index contributed by atoms with van der Waals surface area (Å²) in [7, 11) is 0. The lowest BCUT2D eigenvalue weighted by atomic mass is 10.0. The molecule has 1 aliphatic rings. The van der Waals surface area contributed by atoms with Gasteiger partial charge in [0.2, 0.25) is 0 Å². The minimum atomic E-state index is 0.315. The third kappa shape index (κ3) is 4.44. The van der Waals surface area contributed by atoms with Gasteiger partial charge in [0.1, 0.15) is 5.75 Å². The number of piperidine rings is 1. The highest BCUT2D eigenvalue weighted by atomic mass is 16.3. The van der Waals surface area contributed by atoms with Crippen LogP contribution in [0.5, 0.6) is 5.75 Å². The van der Waals surface area contributed by atoms with Gasteiger partial charge in [-0.05, 0) is 49.3 Å². The zero-order valence-electron chi connectivity index (χ0n) is 12.3. The van der Waals surface area contributed by atoms with E-state index in [4.69, 9.17) is 5.73 Å². The molecule has 3 N–H and O–H groups in total. The van der Waals surface area contributed by atoms with Crippen molar-refractivity contribution in [3.05, 3.63) is 29.8 Å². The van der Waals surface area contributed by atoms with E-state index in [9.17, 15) is 5.11 Å². The third-order valence-corrected chi connectivity index (χ3v) is 3.81. The number of rotatable bonds is 4. The summed E-state index contributed by atoms with van der Waals surface area (Å²) in [6.45, 7) is 5.10. The summed E-state index contributed by atoms with van der Waals surface area (Å²) < 4.78 is 0. The van der Waals surface area contributed by atoms with Crippen LogP contribution in [0.1, 0.15) is 31.7 Å². The molecule has 4 heteroatoms. The fourth-order valence-corrected chi connectivity index (χ4v) is 2.64. The fourth-order valence-electron chi connectivity index (χ4n) is 2.64. The second-order valence-electron chi connectivity index (χ2n) is 5.70. The van der Waals surface area contributed by atoms with E-state index in [1.807, 2.05) is 12.1 Å². The Morgan fingerprint density at radius 3 is 2.85 bits per heavy atom. The fraction of sp³-hybridized carbons (Fsp3) is 0.562. The van der Waals surface area contributed by atoms with E-state index < -0.39 is 0 Å². The first-order chi connectivity index (χ1) is 9.65. The molecule has 0 amide bonds. The molecule has 1 saturated heterocycles. The number of nitrogens with two attached hydrogens (primary N) is 1. The summed E-state index contributed by atoms with van der Waals surface area (Å²) in [5.74, 6) is 1.73. The molecule has 0 spiro atoms. The Bertz CT molecular complexity index is 442. The monoisotopic (exact) mass is 275 g/mol. The number of hydrogen-bond donors (Lipinski definition) is 2. The van der Waals surface area contributed by atoms with Crippen LogP contribution in [-0.4, -0.2) is 35.6 Å². The van der Waals surface area contributed by atoms with Crippen molar-refractivity contribution < 1.29 is 5.11 Å². The number of nitrogens with zero attached hydrogens (tertiary/aromatic N) is 2. The maximum Gasteiger partial charge on any atom is 0.191 e. The van der Waals surface area contributed by atoms with Gasteiger partial charge in [-0.2, -0.15) is 0 Å². The normalized spacial score (nSPS) is 20.1. The highest BCUT2D eigenvalue weighted by molar-refractivity contribution is 5.78. The number of benzene rings is 1. The molecule has 1 fully saturated rings. The molecule has 4 nitrogen and oxygen atoms in total. The predicted octanol–water partition coefficient (Wildman–Crippen LogP) is 2.37. The average molecular weight is 275 g/mol. The first-order valence-corrected chi connectivity index (χ1v) is 7.48. The molecule has 1 unspecified atom stereocenters. The molecule has 0 saturated carbocycles. The van der Waals surface area contributed by atoms with Gasteiger partial charge in [-0.1, -0.05) is 19.1 Å². The Balaban J connectivity index is 1.73. The second-order valence-corrected chi connectivity index (χ2v) is 5.70. The quantitative estimate of drug-likeness (QED) is 0.504. The smallest absolute Gasteiger partial charge is 0.191 e. The zero-order chi connectivity index (χ0) is 14.4. The number of hydrogen-bond acceptors (Lipinski definition) is 2. The van der Waals surface area contributed by atoms with Gasteiger partial charge in [0.15, 0.2) is 5.96 Å². The van der Waals surface area contributed by atoms with Crippen molar-refractivity contribution in [1.82, 2.24) is 4.90 Å². The summed E-state index contributed by atoms with van der Waals surface area (Å²) in [4.78, 5) is 6.69. The van der Waals surface area contributed by atoms with Crippen LogP contribution >= 0.6 is 0 Å². The van der Waals surface area contributed by atoms with E-state index in [-0.39, 0.29) is 0 Å². The Hall–Kier alpha value is -1.71. The molecule has 0 radical (unpaired) electrons. The lowest BCUT2D eigenvalue weighted by Gasteiger charge is -2.31. The highest BCUT2D eigenvalue weighted by Gasteiger charge is 2.17. The van der Waals surface area contributed by atoms with Gasteiger partial charge < -0.3 is 15.7 Å². The number of aromatic hydroxyl groups is 1. The second kappa shape index (κ2) is 7.17. The summed E-state index contributed by atoms with van der Waals surface area (Å²) in [5.41, 5.74) is 7.28. The van der Waals surface area contributed by atoms with E-state index in [0.717, 1.165) is 38.4 Å². The topological polar surface area (TPSA) is 61.8 Å². The maximum absolute atomic E-state index is 9.22. The standard InChI is InChI=1S/C16H25N3O/c1-13-4-3-11-19(12-13)16(17)18-10-2-5-14-6-8-15(20)9-7-14/h6-9,13,20H,2-5,10-12H2,1H3,(H2,17,18). The minimum Gasteiger partial charge on any atom is -0.508 e. The zero-order valence-corrected chi connectivity index (χ0v) is 12.3. The molecular formula is C16H25N3O. The average Bonchev–Trinajstić information content (AvgIpc) is 2.45. The summed E-state index contributed by atoms with van der Waals surface area (Å²) in [6.07, 6.45) is 4.46. The largest absolute Gasteiger partial charge is 0.508 e.